The molecule has 20 heavy (non-hydrogen) atoms. The average molecular weight is 263 g/mol. The number of anilines is 2. The van der Waals surface area contributed by atoms with Crippen LogP contribution in [0.1, 0.15) is 0 Å². The van der Waals surface area contributed by atoms with Crippen LogP contribution in [0.5, 0.6) is 0 Å². The summed E-state index contributed by atoms with van der Waals surface area (Å²) < 4.78 is 0. The molecule has 0 spiro atoms. The third-order valence-electron chi connectivity index (χ3n) is 2.96. The molecule has 2 N–H and O–H groups in total. The molecule has 0 aliphatic rings. The lowest BCUT2D eigenvalue weighted by Crippen LogP contribution is -2.19. The van der Waals surface area contributed by atoms with Gasteiger partial charge in [-0.1, -0.05) is 30.3 Å². The molecule has 98 valence electrons. The molecule has 0 unspecified atom stereocenters. The minimum atomic E-state index is -0.263. The van der Waals surface area contributed by atoms with Crippen LogP contribution >= 0.6 is 0 Å². The van der Waals surface area contributed by atoms with Gasteiger partial charge in [0.05, 0.1) is 5.69 Å². The molecule has 1 heterocycles. The maximum Gasteiger partial charge on any atom is 0.323 e. The SMILES string of the molecule is O=C(Nc1ccccc1)Nc1cccc2cnccc12. The van der Waals surface area contributed by atoms with Crippen molar-refractivity contribution in [3.05, 3.63) is 67.0 Å². The number of benzene rings is 2. The Morgan fingerprint density at radius 2 is 1.75 bits per heavy atom. The lowest BCUT2D eigenvalue weighted by atomic mass is 10.1. The summed E-state index contributed by atoms with van der Waals surface area (Å²) in [6.07, 6.45) is 3.48. The van der Waals surface area contributed by atoms with Crippen molar-refractivity contribution in [3.63, 3.8) is 0 Å². The van der Waals surface area contributed by atoms with E-state index in [0.29, 0.717) is 0 Å². The summed E-state index contributed by atoms with van der Waals surface area (Å²) in [6.45, 7) is 0. The van der Waals surface area contributed by atoms with Crippen molar-refractivity contribution in [3.8, 4) is 0 Å². The highest BCUT2D eigenvalue weighted by Crippen LogP contribution is 2.22. The number of carbonyl (C=O) groups excluding carboxylic acids is 1. The Morgan fingerprint density at radius 1 is 0.900 bits per heavy atom. The van der Waals surface area contributed by atoms with Crippen molar-refractivity contribution in [2.75, 3.05) is 10.6 Å². The van der Waals surface area contributed by atoms with E-state index in [-0.39, 0.29) is 6.03 Å². The number of rotatable bonds is 2. The lowest BCUT2D eigenvalue weighted by molar-refractivity contribution is 0.262. The van der Waals surface area contributed by atoms with E-state index >= 15 is 0 Å². The molecule has 0 atom stereocenters. The molecule has 3 rings (SSSR count). The number of aromatic nitrogens is 1. The van der Waals surface area contributed by atoms with Gasteiger partial charge in [0.1, 0.15) is 0 Å². The van der Waals surface area contributed by atoms with Crippen LogP contribution in [-0.2, 0) is 0 Å². The standard InChI is InChI=1S/C16H13N3O/c20-16(18-13-6-2-1-3-7-13)19-15-8-4-5-12-11-17-10-9-14(12)15/h1-11H,(H2,18,19,20). The van der Waals surface area contributed by atoms with Gasteiger partial charge in [0.25, 0.3) is 0 Å². The maximum atomic E-state index is 12.0. The van der Waals surface area contributed by atoms with Crippen LogP contribution in [0, 0.1) is 0 Å². The first-order valence-electron chi connectivity index (χ1n) is 6.29. The second kappa shape index (κ2) is 5.40. The van der Waals surface area contributed by atoms with Gasteiger partial charge in [-0.2, -0.15) is 0 Å². The molecule has 3 aromatic rings. The van der Waals surface area contributed by atoms with Crippen LogP contribution in [0.15, 0.2) is 67.0 Å². The van der Waals surface area contributed by atoms with Crippen molar-refractivity contribution in [2.24, 2.45) is 0 Å². The average Bonchev–Trinajstić information content (AvgIpc) is 2.48. The van der Waals surface area contributed by atoms with Crippen LogP contribution in [0.4, 0.5) is 16.2 Å². The number of hydrogen-bond donors (Lipinski definition) is 2. The highest BCUT2D eigenvalue weighted by molar-refractivity contribution is 6.05. The molecule has 2 amide bonds. The summed E-state index contributed by atoms with van der Waals surface area (Å²) in [7, 11) is 0. The molecule has 0 bridgehead atoms. The smallest absolute Gasteiger partial charge is 0.308 e. The minimum Gasteiger partial charge on any atom is -0.308 e. The van der Waals surface area contributed by atoms with Crippen molar-refractivity contribution >= 4 is 28.2 Å². The predicted octanol–water partition coefficient (Wildman–Crippen LogP) is 3.88. The minimum absolute atomic E-state index is 0.263. The van der Waals surface area contributed by atoms with Gasteiger partial charge in [-0.05, 0) is 24.3 Å². The molecule has 0 saturated carbocycles. The van der Waals surface area contributed by atoms with Crippen molar-refractivity contribution in [1.82, 2.24) is 4.98 Å². The fourth-order valence-corrected chi connectivity index (χ4v) is 2.04. The Balaban J connectivity index is 1.81. The maximum absolute atomic E-state index is 12.0. The largest absolute Gasteiger partial charge is 0.323 e. The number of para-hydroxylation sites is 1. The van der Waals surface area contributed by atoms with Gasteiger partial charge < -0.3 is 10.6 Å². The second-order valence-corrected chi connectivity index (χ2v) is 4.35. The highest BCUT2D eigenvalue weighted by atomic mass is 16.2. The molecular formula is C16H13N3O. The topological polar surface area (TPSA) is 54.0 Å². The molecule has 0 aliphatic carbocycles. The van der Waals surface area contributed by atoms with Crippen LogP contribution in [0.2, 0.25) is 0 Å². The Hall–Kier alpha value is -2.88. The van der Waals surface area contributed by atoms with Gasteiger partial charge in [0, 0.05) is 28.9 Å². The van der Waals surface area contributed by atoms with Gasteiger partial charge in [0.15, 0.2) is 0 Å². The number of carbonyl (C=O) groups is 1. The van der Waals surface area contributed by atoms with Crippen LogP contribution in [0.3, 0.4) is 0 Å². The van der Waals surface area contributed by atoms with E-state index in [9.17, 15) is 4.79 Å². The van der Waals surface area contributed by atoms with E-state index in [1.54, 1.807) is 12.4 Å². The molecule has 2 aromatic carbocycles. The van der Waals surface area contributed by atoms with Gasteiger partial charge in [0.2, 0.25) is 0 Å². The molecule has 0 aliphatic heterocycles. The van der Waals surface area contributed by atoms with Crippen LogP contribution < -0.4 is 10.6 Å². The van der Waals surface area contributed by atoms with E-state index in [1.807, 2.05) is 54.6 Å². The number of nitrogens with one attached hydrogen (secondary N) is 2. The quantitative estimate of drug-likeness (QED) is 0.737. The molecule has 4 nitrogen and oxygen atoms in total. The van der Waals surface area contributed by atoms with Gasteiger partial charge in [-0.15, -0.1) is 0 Å². The number of amides is 2. The summed E-state index contributed by atoms with van der Waals surface area (Å²) in [5, 5.41) is 7.60. The zero-order valence-corrected chi connectivity index (χ0v) is 10.7. The molecule has 1 aromatic heterocycles. The third kappa shape index (κ3) is 2.59. The summed E-state index contributed by atoms with van der Waals surface area (Å²) in [6, 6.07) is 16.7. The zero-order chi connectivity index (χ0) is 13.8. The van der Waals surface area contributed by atoms with Gasteiger partial charge in [-0.25, -0.2) is 4.79 Å². The van der Waals surface area contributed by atoms with Gasteiger partial charge >= 0.3 is 6.03 Å². The Kier molecular flexibility index (Phi) is 3.29. The van der Waals surface area contributed by atoms with E-state index in [2.05, 4.69) is 15.6 Å². The summed E-state index contributed by atoms with van der Waals surface area (Å²) >= 11 is 0. The van der Waals surface area contributed by atoms with Gasteiger partial charge in [-0.3, -0.25) is 4.98 Å². The lowest BCUT2D eigenvalue weighted by Gasteiger charge is -2.09. The second-order valence-electron chi connectivity index (χ2n) is 4.35. The number of nitrogens with zero attached hydrogens (tertiary/aromatic N) is 1. The monoisotopic (exact) mass is 263 g/mol. The Morgan fingerprint density at radius 3 is 2.60 bits per heavy atom. The number of urea groups is 1. The molecule has 0 radical (unpaired) electrons. The normalized spacial score (nSPS) is 10.2. The van der Waals surface area contributed by atoms with E-state index in [1.165, 1.54) is 0 Å². The molecule has 4 heteroatoms. The number of fused-ring (bicyclic) bond motifs is 1. The van der Waals surface area contributed by atoms with E-state index < -0.39 is 0 Å². The first-order valence-corrected chi connectivity index (χ1v) is 6.29. The first-order chi connectivity index (χ1) is 9.83. The highest BCUT2D eigenvalue weighted by Gasteiger charge is 2.05. The summed E-state index contributed by atoms with van der Waals surface area (Å²) in [5.41, 5.74) is 1.52. The molecule has 0 fully saturated rings. The number of pyridine rings is 1. The third-order valence-corrected chi connectivity index (χ3v) is 2.96. The number of hydrogen-bond acceptors (Lipinski definition) is 2. The van der Waals surface area contributed by atoms with Crippen molar-refractivity contribution in [1.29, 1.82) is 0 Å². The summed E-state index contributed by atoms with van der Waals surface area (Å²) in [5.74, 6) is 0. The van der Waals surface area contributed by atoms with E-state index in [0.717, 1.165) is 22.1 Å². The first kappa shape index (κ1) is 12.2. The predicted molar refractivity (Wildman–Crippen MR) is 80.8 cm³/mol. The molecule has 0 saturated heterocycles. The van der Waals surface area contributed by atoms with Crippen LogP contribution in [0.25, 0.3) is 10.8 Å². The van der Waals surface area contributed by atoms with Crippen LogP contribution in [-0.4, -0.2) is 11.0 Å². The van der Waals surface area contributed by atoms with Crippen molar-refractivity contribution in [2.45, 2.75) is 0 Å². The molecular weight excluding hydrogens is 250 g/mol. The Bertz CT molecular complexity index is 736. The zero-order valence-electron chi connectivity index (χ0n) is 10.7. The Labute approximate surface area is 116 Å². The fourth-order valence-electron chi connectivity index (χ4n) is 2.04. The van der Waals surface area contributed by atoms with Crippen molar-refractivity contribution < 1.29 is 4.79 Å². The van der Waals surface area contributed by atoms with E-state index in [4.69, 9.17) is 0 Å². The summed E-state index contributed by atoms with van der Waals surface area (Å²) in [4.78, 5) is 16.1. The fraction of sp³-hybridized carbons (Fsp3) is 0.